The molecule has 3 rings (SSSR count). The minimum Gasteiger partial charge on any atom is -0.496 e. The Labute approximate surface area is 170 Å². The van der Waals surface area contributed by atoms with E-state index in [1.54, 1.807) is 43.5 Å². The summed E-state index contributed by atoms with van der Waals surface area (Å²) >= 11 is 9.49. The van der Waals surface area contributed by atoms with Gasteiger partial charge in [0.25, 0.3) is 5.91 Å². The molecule has 0 aliphatic carbocycles. The molecule has 3 aromatic rings. The number of anilines is 1. The molecule has 0 heterocycles. The zero-order valence-corrected chi connectivity index (χ0v) is 16.8. The lowest BCUT2D eigenvalue weighted by molar-refractivity contribution is 0.102. The first-order chi connectivity index (χ1) is 13.0. The highest BCUT2D eigenvalue weighted by atomic mass is 79.9. The van der Waals surface area contributed by atoms with Crippen LogP contribution >= 0.6 is 27.5 Å². The number of hydrogen-bond acceptors (Lipinski definition) is 3. The minimum atomic E-state index is -0.914. The third-order valence-electron chi connectivity index (χ3n) is 4.09. The van der Waals surface area contributed by atoms with Gasteiger partial charge in [-0.2, -0.15) is 0 Å². The summed E-state index contributed by atoms with van der Waals surface area (Å²) in [6, 6.07) is 19.3. The van der Waals surface area contributed by atoms with E-state index in [1.165, 1.54) is 0 Å². The summed E-state index contributed by atoms with van der Waals surface area (Å²) in [5.74, 6) is 0.334. The van der Waals surface area contributed by atoms with Gasteiger partial charge in [0, 0.05) is 21.8 Å². The van der Waals surface area contributed by atoms with Gasteiger partial charge in [0.1, 0.15) is 11.9 Å². The number of ether oxygens (including phenoxy) is 1. The topological polar surface area (TPSA) is 58.6 Å². The Morgan fingerprint density at radius 2 is 1.85 bits per heavy atom. The molecule has 0 aliphatic heterocycles. The summed E-state index contributed by atoms with van der Waals surface area (Å²) in [5.41, 5.74) is 2.18. The highest BCUT2D eigenvalue weighted by Crippen LogP contribution is 2.32. The molecule has 2 N–H and O–H groups in total. The Kier molecular flexibility index (Phi) is 6.16. The molecular weight excluding hydrogens is 430 g/mol. The van der Waals surface area contributed by atoms with E-state index in [0.29, 0.717) is 37.6 Å². The molecule has 6 heteroatoms. The molecule has 4 nitrogen and oxygen atoms in total. The van der Waals surface area contributed by atoms with Gasteiger partial charge < -0.3 is 15.2 Å². The van der Waals surface area contributed by atoms with Crippen LogP contribution in [-0.4, -0.2) is 18.1 Å². The van der Waals surface area contributed by atoms with Crippen molar-refractivity contribution in [3.05, 3.63) is 92.9 Å². The molecule has 0 saturated carbocycles. The van der Waals surface area contributed by atoms with Crippen LogP contribution in [-0.2, 0) is 0 Å². The first-order valence-corrected chi connectivity index (χ1v) is 9.34. The molecular formula is C21H17BrClNO3. The van der Waals surface area contributed by atoms with Gasteiger partial charge in [-0.05, 0) is 57.9 Å². The van der Waals surface area contributed by atoms with Crippen LogP contribution < -0.4 is 10.1 Å². The van der Waals surface area contributed by atoms with Crippen LogP contribution in [0.2, 0.25) is 5.02 Å². The van der Waals surface area contributed by atoms with E-state index in [0.717, 1.165) is 0 Å². The smallest absolute Gasteiger partial charge is 0.255 e. The summed E-state index contributed by atoms with van der Waals surface area (Å²) in [7, 11) is 1.56. The maximum Gasteiger partial charge on any atom is 0.255 e. The average molecular weight is 447 g/mol. The van der Waals surface area contributed by atoms with Gasteiger partial charge in [-0.15, -0.1) is 0 Å². The van der Waals surface area contributed by atoms with Crippen molar-refractivity contribution in [3.63, 3.8) is 0 Å². The van der Waals surface area contributed by atoms with Crippen molar-refractivity contribution in [2.24, 2.45) is 0 Å². The van der Waals surface area contributed by atoms with Crippen LogP contribution in [0.25, 0.3) is 0 Å². The molecule has 0 bridgehead atoms. The Hall–Kier alpha value is -2.34. The molecule has 0 saturated heterocycles. The summed E-state index contributed by atoms with van der Waals surface area (Å²) in [6.45, 7) is 0. The fourth-order valence-corrected chi connectivity index (χ4v) is 3.41. The third-order valence-corrected chi connectivity index (χ3v) is 4.94. The van der Waals surface area contributed by atoms with Crippen molar-refractivity contribution in [1.82, 2.24) is 0 Å². The molecule has 0 aliphatic rings. The number of carbonyl (C=O) groups excluding carboxylic acids is 1. The first kappa shape index (κ1) is 19.4. The van der Waals surface area contributed by atoms with Gasteiger partial charge >= 0.3 is 0 Å². The van der Waals surface area contributed by atoms with Crippen LogP contribution in [0.3, 0.4) is 0 Å². The number of halogens is 2. The molecule has 1 atom stereocenters. The molecule has 3 aromatic carbocycles. The van der Waals surface area contributed by atoms with Crippen molar-refractivity contribution in [1.29, 1.82) is 0 Å². The fraction of sp³-hybridized carbons (Fsp3) is 0.0952. The second kappa shape index (κ2) is 8.57. The van der Waals surface area contributed by atoms with Crippen LogP contribution in [0.4, 0.5) is 5.69 Å². The van der Waals surface area contributed by atoms with Gasteiger partial charge in [0.15, 0.2) is 0 Å². The lowest BCUT2D eigenvalue weighted by Crippen LogP contribution is -2.15. The number of amides is 1. The predicted octanol–water partition coefficient (Wildman–Crippen LogP) is 5.45. The quantitative estimate of drug-likeness (QED) is 0.548. The lowest BCUT2D eigenvalue weighted by atomic mass is 9.99. The number of carbonyl (C=O) groups is 1. The van der Waals surface area contributed by atoms with Crippen LogP contribution in [0.15, 0.2) is 71.2 Å². The SMILES string of the molecule is COc1ccc(C(=O)Nc2ccc(Cl)cc2[C@H](O)c2ccccc2)cc1Br. The Bertz CT molecular complexity index is 963. The number of aliphatic hydroxyl groups excluding tert-OH is 1. The minimum absolute atomic E-state index is 0.304. The van der Waals surface area contributed by atoms with Gasteiger partial charge in [-0.25, -0.2) is 0 Å². The van der Waals surface area contributed by atoms with Crippen molar-refractivity contribution < 1.29 is 14.6 Å². The molecule has 0 spiro atoms. The average Bonchev–Trinajstić information content (AvgIpc) is 2.69. The zero-order valence-electron chi connectivity index (χ0n) is 14.4. The van der Waals surface area contributed by atoms with Gasteiger partial charge in [-0.3, -0.25) is 4.79 Å². The van der Waals surface area contributed by atoms with Crippen molar-refractivity contribution in [2.45, 2.75) is 6.10 Å². The lowest BCUT2D eigenvalue weighted by Gasteiger charge is -2.17. The van der Waals surface area contributed by atoms with E-state index in [1.807, 2.05) is 30.3 Å². The summed E-state index contributed by atoms with van der Waals surface area (Å²) in [6.07, 6.45) is -0.914. The Morgan fingerprint density at radius 3 is 2.52 bits per heavy atom. The Balaban J connectivity index is 1.91. The van der Waals surface area contributed by atoms with Crippen LogP contribution in [0.1, 0.15) is 27.6 Å². The molecule has 0 unspecified atom stereocenters. The second-order valence-electron chi connectivity index (χ2n) is 5.85. The van der Waals surface area contributed by atoms with Gasteiger partial charge in [0.05, 0.1) is 11.6 Å². The molecule has 27 heavy (non-hydrogen) atoms. The number of aliphatic hydroxyl groups is 1. The van der Waals surface area contributed by atoms with Gasteiger partial charge in [0.2, 0.25) is 0 Å². The van der Waals surface area contributed by atoms with E-state index < -0.39 is 6.10 Å². The largest absolute Gasteiger partial charge is 0.496 e. The number of benzene rings is 3. The van der Waals surface area contributed by atoms with E-state index in [-0.39, 0.29) is 5.91 Å². The molecule has 1 amide bonds. The Morgan fingerprint density at radius 1 is 1.11 bits per heavy atom. The first-order valence-electron chi connectivity index (χ1n) is 8.17. The van der Waals surface area contributed by atoms with Crippen molar-refractivity contribution in [2.75, 3.05) is 12.4 Å². The number of hydrogen-bond donors (Lipinski definition) is 2. The third kappa shape index (κ3) is 4.50. The summed E-state index contributed by atoms with van der Waals surface area (Å²) in [5, 5.41) is 14.1. The molecule has 138 valence electrons. The maximum atomic E-state index is 12.7. The molecule has 0 radical (unpaired) electrons. The highest BCUT2D eigenvalue weighted by Gasteiger charge is 2.18. The van der Waals surface area contributed by atoms with E-state index in [2.05, 4.69) is 21.2 Å². The standard InChI is InChI=1S/C21H17BrClNO3/c1-27-19-10-7-14(11-17(19)22)21(26)24-18-9-8-15(23)12-16(18)20(25)13-5-3-2-4-6-13/h2-12,20,25H,1H3,(H,24,26)/t20-/m1/s1. The summed E-state index contributed by atoms with van der Waals surface area (Å²) in [4.78, 5) is 12.7. The number of nitrogens with one attached hydrogen (secondary N) is 1. The fourth-order valence-electron chi connectivity index (χ4n) is 2.69. The maximum absolute atomic E-state index is 12.7. The molecule has 0 aromatic heterocycles. The second-order valence-corrected chi connectivity index (χ2v) is 7.14. The number of methoxy groups -OCH3 is 1. The summed E-state index contributed by atoms with van der Waals surface area (Å²) < 4.78 is 5.86. The van der Waals surface area contributed by atoms with Crippen LogP contribution in [0.5, 0.6) is 5.75 Å². The monoisotopic (exact) mass is 445 g/mol. The van der Waals surface area contributed by atoms with E-state index in [4.69, 9.17) is 16.3 Å². The normalized spacial score (nSPS) is 11.7. The van der Waals surface area contributed by atoms with Gasteiger partial charge in [-0.1, -0.05) is 41.9 Å². The predicted molar refractivity (Wildman–Crippen MR) is 111 cm³/mol. The highest BCUT2D eigenvalue weighted by molar-refractivity contribution is 9.10. The van der Waals surface area contributed by atoms with Crippen LogP contribution in [0, 0.1) is 0 Å². The van der Waals surface area contributed by atoms with E-state index in [9.17, 15) is 9.90 Å². The van der Waals surface area contributed by atoms with E-state index >= 15 is 0 Å². The zero-order chi connectivity index (χ0) is 19.4. The number of rotatable bonds is 5. The van der Waals surface area contributed by atoms with Crippen molar-refractivity contribution >= 4 is 39.1 Å². The van der Waals surface area contributed by atoms with Crippen molar-refractivity contribution in [3.8, 4) is 5.75 Å². The molecule has 0 fully saturated rings.